The van der Waals surface area contributed by atoms with Gasteiger partial charge in [0.1, 0.15) is 17.2 Å². The van der Waals surface area contributed by atoms with E-state index in [0.717, 1.165) is 51.1 Å². The number of aryl methyl sites for hydroxylation is 1. The number of carbonyl (C=O) groups excluding carboxylic acids is 1. The Morgan fingerprint density at radius 2 is 1.75 bits per heavy atom. The maximum atomic E-state index is 12.9. The molecule has 1 fully saturated rings. The summed E-state index contributed by atoms with van der Waals surface area (Å²) in [5.41, 5.74) is 2.91. The number of ether oxygens (including phenoxy) is 2. The number of carbonyl (C=O) groups is 1. The molecular weight excluding hydrogens is 400 g/mol. The zero-order valence-electron chi connectivity index (χ0n) is 18.1. The lowest BCUT2D eigenvalue weighted by Crippen LogP contribution is -2.17. The minimum atomic E-state index is -0.756. The summed E-state index contributed by atoms with van der Waals surface area (Å²) in [6.45, 7) is 4.22. The molecule has 3 atom stereocenters. The van der Waals surface area contributed by atoms with Crippen LogP contribution in [0.2, 0.25) is 0 Å². The van der Waals surface area contributed by atoms with E-state index in [4.69, 9.17) is 9.47 Å². The van der Waals surface area contributed by atoms with E-state index < -0.39 is 6.16 Å². The van der Waals surface area contributed by atoms with Crippen molar-refractivity contribution in [2.75, 3.05) is 0 Å². The van der Waals surface area contributed by atoms with E-state index in [-0.39, 0.29) is 0 Å². The zero-order valence-corrected chi connectivity index (χ0v) is 18.1. The van der Waals surface area contributed by atoms with Crippen molar-refractivity contribution in [2.24, 2.45) is 5.92 Å². The summed E-state index contributed by atoms with van der Waals surface area (Å²) in [6.07, 6.45) is 1.29. The second-order valence-corrected chi connectivity index (χ2v) is 9.22. The van der Waals surface area contributed by atoms with Crippen LogP contribution in [0.3, 0.4) is 0 Å². The van der Waals surface area contributed by atoms with Crippen molar-refractivity contribution in [1.82, 2.24) is 0 Å². The van der Waals surface area contributed by atoms with Crippen molar-refractivity contribution in [1.29, 1.82) is 0 Å². The van der Waals surface area contributed by atoms with Crippen LogP contribution in [0.15, 0.2) is 60.7 Å². The van der Waals surface area contributed by atoms with Gasteiger partial charge in [0.2, 0.25) is 0 Å². The average Bonchev–Trinajstić information content (AvgIpc) is 3.34. The molecule has 160 valence electrons. The van der Waals surface area contributed by atoms with Gasteiger partial charge in [-0.1, -0.05) is 55.5 Å². The monoisotopic (exact) mass is 424 g/mol. The quantitative estimate of drug-likeness (QED) is 0.273. The van der Waals surface area contributed by atoms with Gasteiger partial charge < -0.3 is 14.6 Å². The van der Waals surface area contributed by atoms with Crippen LogP contribution in [-0.4, -0.2) is 11.3 Å². The fourth-order valence-electron chi connectivity index (χ4n) is 5.90. The number of hydrogen-bond donors (Lipinski definition) is 1. The molecule has 4 heteroatoms. The van der Waals surface area contributed by atoms with Crippen LogP contribution in [0.4, 0.5) is 4.79 Å². The van der Waals surface area contributed by atoms with Gasteiger partial charge in [0.05, 0.1) is 0 Å². The van der Waals surface area contributed by atoms with Crippen LogP contribution in [-0.2, 0) is 0 Å². The van der Waals surface area contributed by atoms with Crippen LogP contribution < -0.4 is 9.47 Å². The molecule has 2 bridgehead atoms. The molecular formula is C28H24O4. The molecule has 6 rings (SSSR count). The molecule has 0 aliphatic heterocycles. The summed E-state index contributed by atoms with van der Waals surface area (Å²) in [6, 6.07) is 19.3. The van der Waals surface area contributed by atoms with Crippen molar-refractivity contribution in [2.45, 2.75) is 38.5 Å². The molecule has 1 N–H and O–H groups in total. The summed E-state index contributed by atoms with van der Waals surface area (Å²) in [5, 5.41) is 14.8. The predicted molar refractivity (Wildman–Crippen MR) is 125 cm³/mol. The summed E-state index contributed by atoms with van der Waals surface area (Å²) < 4.78 is 11.5. The Morgan fingerprint density at radius 3 is 2.59 bits per heavy atom. The highest BCUT2D eigenvalue weighted by Gasteiger charge is 2.46. The Hall–Kier alpha value is -3.53. The molecule has 0 aromatic heterocycles. The van der Waals surface area contributed by atoms with E-state index in [9.17, 15) is 9.90 Å². The summed E-state index contributed by atoms with van der Waals surface area (Å²) >= 11 is 0. The van der Waals surface area contributed by atoms with Gasteiger partial charge in [-0.05, 0) is 66.0 Å². The lowest BCUT2D eigenvalue weighted by Gasteiger charge is -2.26. The first kappa shape index (κ1) is 19.2. The highest BCUT2D eigenvalue weighted by atomic mass is 16.7. The van der Waals surface area contributed by atoms with Gasteiger partial charge in [-0.2, -0.15) is 0 Å². The molecule has 2 aliphatic rings. The first-order chi connectivity index (χ1) is 15.5. The number of fused-ring (bicyclic) bond motifs is 7. The summed E-state index contributed by atoms with van der Waals surface area (Å²) in [7, 11) is 0. The topological polar surface area (TPSA) is 55.8 Å². The highest BCUT2D eigenvalue weighted by Crippen LogP contribution is 2.63. The molecule has 0 heterocycles. The van der Waals surface area contributed by atoms with Crippen molar-refractivity contribution in [3.05, 3.63) is 77.4 Å². The average molecular weight is 424 g/mol. The fourth-order valence-corrected chi connectivity index (χ4v) is 5.90. The molecule has 1 saturated carbocycles. The molecule has 4 aromatic rings. The van der Waals surface area contributed by atoms with Gasteiger partial charge in [-0.15, -0.1) is 0 Å². The first-order valence-electron chi connectivity index (χ1n) is 11.2. The van der Waals surface area contributed by atoms with E-state index >= 15 is 0 Å². The van der Waals surface area contributed by atoms with E-state index in [0.29, 0.717) is 35.0 Å². The first-order valence-corrected chi connectivity index (χ1v) is 11.2. The number of hydrogen-bond acceptors (Lipinski definition) is 4. The van der Waals surface area contributed by atoms with Crippen molar-refractivity contribution in [3.63, 3.8) is 0 Å². The number of aromatic hydroxyl groups is 1. The third-order valence-corrected chi connectivity index (χ3v) is 7.31. The lowest BCUT2D eigenvalue weighted by atomic mass is 9.81. The maximum absolute atomic E-state index is 12.9. The van der Waals surface area contributed by atoms with Gasteiger partial charge >= 0.3 is 6.16 Å². The summed E-state index contributed by atoms with van der Waals surface area (Å²) in [4.78, 5) is 12.9. The van der Waals surface area contributed by atoms with Crippen LogP contribution in [0.25, 0.3) is 21.5 Å². The second-order valence-electron chi connectivity index (χ2n) is 9.22. The minimum Gasteiger partial charge on any atom is -0.507 e. The fraction of sp³-hybridized carbons (Fsp3) is 0.250. The Morgan fingerprint density at radius 1 is 0.938 bits per heavy atom. The number of benzene rings is 4. The van der Waals surface area contributed by atoms with Crippen LogP contribution in [0.5, 0.6) is 17.2 Å². The highest BCUT2D eigenvalue weighted by molar-refractivity contribution is 6.00. The third-order valence-electron chi connectivity index (χ3n) is 7.31. The second kappa shape index (κ2) is 6.99. The van der Waals surface area contributed by atoms with E-state index in [1.165, 1.54) is 0 Å². The number of phenols is 1. The van der Waals surface area contributed by atoms with Gasteiger partial charge in [-0.3, -0.25) is 0 Å². The van der Waals surface area contributed by atoms with Gasteiger partial charge in [0, 0.05) is 21.9 Å². The molecule has 4 nitrogen and oxygen atoms in total. The zero-order chi connectivity index (χ0) is 22.0. The molecule has 0 saturated heterocycles. The Kier molecular flexibility index (Phi) is 4.19. The van der Waals surface area contributed by atoms with Crippen LogP contribution in [0, 0.1) is 12.8 Å². The molecule has 4 aromatic carbocycles. The van der Waals surface area contributed by atoms with Gasteiger partial charge in [0.25, 0.3) is 0 Å². The summed E-state index contributed by atoms with van der Waals surface area (Å²) in [5.74, 6) is 2.45. The molecule has 0 radical (unpaired) electrons. The Balaban J connectivity index is 1.43. The van der Waals surface area contributed by atoms with Gasteiger partial charge in [0.15, 0.2) is 0 Å². The van der Waals surface area contributed by atoms with Gasteiger partial charge in [-0.25, -0.2) is 4.79 Å². The predicted octanol–water partition coefficient (Wildman–Crippen LogP) is 7.20. The maximum Gasteiger partial charge on any atom is 0.519 e. The number of phenolic OH excluding ortho intramolecular Hbond substituents is 1. The van der Waals surface area contributed by atoms with E-state index in [2.05, 4.69) is 6.92 Å². The molecule has 0 amide bonds. The lowest BCUT2D eigenvalue weighted by molar-refractivity contribution is 0.152. The van der Waals surface area contributed by atoms with Crippen LogP contribution >= 0.6 is 0 Å². The van der Waals surface area contributed by atoms with Crippen molar-refractivity contribution < 1.29 is 19.4 Å². The SMILES string of the molecule is Cc1cccc2c(O)c3c(c(OC(=O)Oc4ccc5ccccc5c4)c12)C1CC(C)C3C1. The molecule has 32 heavy (non-hydrogen) atoms. The van der Waals surface area contributed by atoms with E-state index in [1.807, 2.05) is 61.5 Å². The van der Waals surface area contributed by atoms with Crippen LogP contribution in [0.1, 0.15) is 48.3 Å². The number of rotatable bonds is 2. The van der Waals surface area contributed by atoms with Crippen molar-refractivity contribution >= 4 is 27.7 Å². The largest absolute Gasteiger partial charge is 0.519 e. The molecule has 3 unspecified atom stereocenters. The third kappa shape index (κ3) is 2.79. The normalized spacial score (nSPS) is 21.1. The molecule has 2 aliphatic carbocycles. The minimum absolute atomic E-state index is 0.295. The standard InChI is InChI=1S/C28H24O4/c1-15-6-5-9-21-23(15)27(24-19-12-16(2)22(14-19)25(24)26(21)29)32-28(30)31-20-11-10-17-7-3-4-8-18(17)13-20/h3-11,13,16,19,22,29H,12,14H2,1-2H3. The Bertz CT molecular complexity index is 1400. The van der Waals surface area contributed by atoms with E-state index in [1.54, 1.807) is 6.07 Å². The van der Waals surface area contributed by atoms with Crippen molar-refractivity contribution in [3.8, 4) is 17.2 Å². The smallest absolute Gasteiger partial charge is 0.507 e. The Labute approximate surface area is 186 Å². The molecule has 0 spiro atoms.